The van der Waals surface area contributed by atoms with Gasteiger partial charge >= 0.3 is 0 Å². The molecule has 0 atom stereocenters. The number of para-hydroxylation sites is 1. The van der Waals surface area contributed by atoms with Gasteiger partial charge in [-0.3, -0.25) is 9.69 Å². The Balaban J connectivity index is 2.01. The molecule has 1 aromatic heterocycles. The number of carbonyl (C=O) groups is 1. The first-order valence-electron chi connectivity index (χ1n) is 8.72. The second-order valence-electron chi connectivity index (χ2n) is 6.45. The molecule has 0 unspecified atom stereocenters. The predicted molar refractivity (Wildman–Crippen MR) is 114 cm³/mol. The molecule has 27 heavy (non-hydrogen) atoms. The summed E-state index contributed by atoms with van der Waals surface area (Å²) in [6.07, 6.45) is 2.04. The smallest absolute Gasteiger partial charge is 0.260 e. The number of nitrogens with one attached hydrogen (secondary N) is 1. The molecule has 1 amide bonds. The fourth-order valence-corrected chi connectivity index (χ4v) is 4.37. The first kappa shape index (κ1) is 19.7. The van der Waals surface area contributed by atoms with Crippen LogP contribution >= 0.6 is 23.1 Å². The number of methoxy groups -OCH3 is 1. The summed E-state index contributed by atoms with van der Waals surface area (Å²) in [6, 6.07) is 13.4. The van der Waals surface area contributed by atoms with Gasteiger partial charge in [0.15, 0.2) is 5.13 Å². The highest BCUT2D eigenvalue weighted by molar-refractivity contribution is 7.98. The maximum Gasteiger partial charge on any atom is 0.260 e. The number of thiazole rings is 1. The van der Waals surface area contributed by atoms with Crippen molar-refractivity contribution in [2.24, 2.45) is 0 Å². The van der Waals surface area contributed by atoms with E-state index in [4.69, 9.17) is 9.72 Å². The van der Waals surface area contributed by atoms with E-state index in [0.717, 1.165) is 26.8 Å². The molecule has 1 N–H and O–H groups in total. The van der Waals surface area contributed by atoms with Crippen molar-refractivity contribution in [2.45, 2.75) is 4.90 Å². The van der Waals surface area contributed by atoms with E-state index in [1.54, 1.807) is 41.2 Å². The van der Waals surface area contributed by atoms with Crippen LogP contribution in [0, 0.1) is 0 Å². The molecule has 0 aliphatic heterocycles. The molecule has 0 aliphatic carbocycles. The normalized spacial score (nSPS) is 11.1. The average molecular weight is 403 g/mol. The summed E-state index contributed by atoms with van der Waals surface area (Å²) in [5.41, 5.74) is 1.57. The first-order chi connectivity index (χ1) is 13.0. The molecular weight excluding hydrogens is 378 g/mol. The molecule has 5 nitrogen and oxygen atoms in total. The summed E-state index contributed by atoms with van der Waals surface area (Å²) in [7, 11) is 5.77. The molecule has 7 heteroatoms. The van der Waals surface area contributed by atoms with Crippen LogP contribution in [0.2, 0.25) is 0 Å². The number of rotatable bonds is 7. The summed E-state index contributed by atoms with van der Waals surface area (Å²) in [5.74, 6) is 0.618. The number of quaternary nitrogens is 1. The molecule has 0 spiro atoms. The Morgan fingerprint density at radius 1 is 1.26 bits per heavy atom. The van der Waals surface area contributed by atoms with E-state index in [9.17, 15) is 4.79 Å². The zero-order valence-electron chi connectivity index (χ0n) is 16.0. The van der Waals surface area contributed by atoms with E-state index in [0.29, 0.717) is 17.9 Å². The molecule has 0 aliphatic rings. The molecule has 3 rings (SSSR count). The van der Waals surface area contributed by atoms with E-state index in [1.807, 2.05) is 30.5 Å². The molecule has 0 saturated heterocycles. The average Bonchev–Trinajstić information content (AvgIpc) is 3.11. The number of aromatic nitrogens is 1. The van der Waals surface area contributed by atoms with Gasteiger partial charge < -0.3 is 9.64 Å². The minimum atomic E-state index is -0.0556. The number of ether oxygens (including phenoxy) is 1. The lowest BCUT2D eigenvalue weighted by molar-refractivity contribution is -0.856. The summed E-state index contributed by atoms with van der Waals surface area (Å²) in [6.45, 7) is 1.44. The summed E-state index contributed by atoms with van der Waals surface area (Å²) < 4.78 is 6.37. The largest absolute Gasteiger partial charge is 0.497 e. The number of carbonyl (C=O) groups excluding carboxylic acids is 1. The maximum atomic E-state index is 13.3. The lowest BCUT2D eigenvalue weighted by Gasteiger charge is -2.21. The summed E-state index contributed by atoms with van der Waals surface area (Å²) in [4.78, 5) is 22.3. The summed E-state index contributed by atoms with van der Waals surface area (Å²) >= 11 is 3.23. The highest BCUT2D eigenvalue weighted by Gasteiger charge is 2.23. The van der Waals surface area contributed by atoms with Gasteiger partial charge in [0.25, 0.3) is 5.91 Å². The van der Waals surface area contributed by atoms with Crippen molar-refractivity contribution in [3.63, 3.8) is 0 Å². The molecule has 142 valence electrons. The number of amides is 1. The molecule has 0 bridgehead atoms. The molecule has 3 aromatic rings. The minimum Gasteiger partial charge on any atom is -0.497 e. The van der Waals surface area contributed by atoms with Crippen LogP contribution in [0.25, 0.3) is 10.2 Å². The van der Waals surface area contributed by atoms with E-state index < -0.39 is 0 Å². The Morgan fingerprint density at radius 3 is 2.74 bits per heavy atom. The van der Waals surface area contributed by atoms with Crippen molar-refractivity contribution in [1.29, 1.82) is 0 Å². The van der Waals surface area contributed by atoms with E-state index >= 15 is 0 Å². The fraction of sp³-hybridized carbons (Fsp3) is 0.300. The Kier molecular flexibility index (Phi) is 6.36. The van der Waals surface area contributed by atoms with Crippen LogP contribution in [0.3, 0.4) is 0 Å². The molecule has 2 aromatic carbocycles. The van der Waals surface area contributed by atoms with Crippen LogP contribution in [0.5, 0.6) is 5.75 Å². The third-order valence-corrected chi connectivity index (χ3v) is 6.03. The number of hydrogen-bond donors (Lipinski definition) is 1. The van der Waals surface area contributed by atoms with Crippen LogP contribution in [0.4, 0.5) is 5.13 Å². The van der Waals surface area contributed by atoms with Gasteiger partial charge in [-0.25, -0.2) is 4.98 Å². The van der Waals surface area contributed by atoms with Crippen molar-refractivity contribution < 1.29 is 14.4 Å². The second-order valence-corrected chi connectivity index (χ2v) is 8.31. The van der Waals surface area contributed by atoms with E-state index in [1.165, 1.54) is 4.90 Å². The predicted octanol–water partition coefficient (Wildman–Crippen LogP) is 2.82. The SMILES string of the molecule is COc1cccc(C(=O)N(CC[NH+](C)C)c2nc3c(SC)cccc3s2)c1. The fourth-order valence-electron chi connectivity index (χ4n) is 2.72. The molecule has 0 radical (unpaired) electrons. The lowest BCUT2D eigenvalue weighted by Crippen LogP contribution is -3.06. The topological polar surface area (TPSA) is 46.9 Å². The van der Waals surface area contributed by atoms with Gasteiger partial charge in [0.05, 0.1) is 44.5 Å². The minimum absolute atomic E-state index is 0.0556. The van der Waals surface area contributed by atoms with Crippen LogP contribution in [-0.4, -0.2) is 51.4 Å². The van der Waals surface area contributed by atoms with Gasteiger partial charge in [0.2, 0.25) is 0 Å². The van der Waals surface area contributed by atoms with Crippen LogP contribution in [0.15, 0.2) is 47.4 Å². The Morgan fingerprint density at radius 2 is 2.04 bits per heavy atom. The Labute approximate surface area is 168 Å². The number of likely N-dealkylation sites (N-methyl/N-ethyl adjacent to an activating group) is 1. The van der Waals surface area contributed by atoms with Crippen LogP contribution in [-0.2, 0) is 0 Å². The van der Waals surface area contributed by atoms with Crippen LogP contribution in [0.1, 0.15) is 10.4 Å². The lowest BCUT2D eigenvalue weighted by atomic mass is 10.2. The standard InChI is InChI=1S/C20H23N3O2S2/c1-22(2)11-12-23(19(24)14-7-5-8-15(13-14)25-3)20-21-18-16(26-4)9-6-10-17(18)27-20/h5-10,13H,11-12H2,1-4H3/p+1. The number of thioether (sulfide) groups is 1. The molecule has 1 heterocycles. The monoisotopic (exact) mass is 402 g/mol. The van der Waals surface area contributed by atoms with E-state index in [-0.39, 0.29) is 5.91 Å². The second kappa shape index (κ2) is 8.73. The summed E-state index contributed by atoms with van der Waals surface area (Å²) in [5, 5.41) is 0.737. The van der Waals surface area contributed by atoms with Gasteiger partial charge in [-0.05, 0) is 36.6 Å². The first-order valence-corrected chi connectivity index (χ1v) is 10.8. The highest BCUT2D eigenvalue weighted by atomic mass is 32.2. The van der Waals surface area contributed by atoms with Crippen molar-refractivity contribution in [1.82, 2.24) is 4.98 Å². The van der Waals surface area contributed by atoms with Gasteiger partial charge in [0, 0.05) is 10.5 Å². The zero-order valence-corrected chi connectivity index (χ0v) is 17.6. The van der Waals surface area contributed by atoms with Gasteiger partial charge in [-0.15, -0.1) is 11.8 Å². The number of nitrogens with zero attached hydrogens (tertiary/aromatic N) is 2. The van der Waals surface area contributed by atoms with Crippen molar-refractivity contribution in [2.75, 3.05) is 45.5 Å². The highest BCUT2D eigenvalue weighted by Crippen LogP contribution is 2.34. The van der Waals surface area contributed by atoms with E-state index in [2.05, 4.69) is 26.2 Å². The number of fused-ring (bicyclic) bond motifs is 1. The maximum absolute atomic E-state index is 13.3. The molecular formula is C20H24N3O2S2+. The van der Waals surface area contributed by atoms with Gasteiger partial charge in [-0.1, -0.05) is 23.5 Å². The number of benzene rings is 2. The Hall–Kier alpha value is -2.09. The molecule has 0 fully saturated rings. The Bertz CT molecular complexity index is 940. The van der Waals surface area contributed by atoms with Gasteiger partial charge in [0.1, 0.15) is 5.75 Å². The number of hydrogen-bond acceptors (Lipinski definition) is 5. The third kappa shape index (κ3) is 4.43. The van der Waals surface area contributed by atoms with Crippen molar-refractivity contribution in [3.8, 4) is 5.75 Å². The third-order valence-electron chi connectivity index (χ3n) is 4.22. The van der Waals surface area contributed by atoms with Gasteiger partial charge in [-0.2, -0.15) is 0 Å². The zero-order chi connectivity index (χ0) is 19.4. The quantitative estimate of drug-likeness (QED) is 0.618. The van der Waals surface area contributed by atoms with Crippen molar-refractivity contribution >= 4 is 44.4 Å². The molecule has 0 saturated carbocycles. The van der Waals surface area contributed by atoms with Crippen LogP contribution < -0.4 is 14.5 Å². The van der Waals surface area contributed by atoms with Crippen molar-refractivity contribution in [3.05, 3.63) is 48.0 Å². The number of anilines is 1.